The van der Waals surface area contributed by atoms with Gasteiger partial charge in [-0.05, 0) is 24.3 Å². The highest BCUT2D eigenvalue weighted by Gasteiger charge is 1.99. The van der Waals surface area contributed by atoms with Crippen LogP contribution in [0.15, 0.2) is 30.6 Å². The van der Waals surface area contributed by atoms with E-state index in [4.69, 9.17) is 14.7 Å². The Morgan fingerprint density at radius 2 is 2.00 bits per heavy atom. The fourth-order valence-corrected chi connectivity index (χ4v) is 1.38. The molecule has 0 aliphatic heterocycles. The topological polar surface area (TPSA) is 73.0 Å². The lowest BCUT2D eigenvalue weighted by molar-refractivity contribution is 0.290. The molecule has 6 heteroatoms. The minimum atomic E-state index is 0.166. The van der Waals surface area contributed by atoms with Crippen LogP contribution in [0.25, 0.3) is 0 Å². The number of hydrogen-bond donors (Lipinski definition) is 0. The van der Waals surface area contributed by atoms with Crippen LogP contribution in [0.2, 0.25) is 0 Å². The molecule has 6 nitrogen and oxygen atoms in total. The largest absolute Gasteiger partial charge is 0.497 e. The summed E-state index contributed by atoms with van der Waals surface area (Å²) in [6.45, 7) is 1.00. The summed E-state index contributed by atoms with van der Waals surface area (Å²) < 4.78 is 12.1. The Labute approximate surface area is 104 Å². The van der Waals surface area contributed by atoms with E-state index in [0.29, 0.717) is 13.2 Å². The van der Waals surface area contributed by atoms with Gasteiger partial charge in [0.15, 0.2) is 0 Å². The van der Waals surface area contributed by atoms with Crippen molar-refractivity contribution in [1.29, 1.82) is 5.26 Å². The summed E-state index contributed by atoms with van der Waals surface area (Å²) in [4.78, 5) is 3.80. The first-order chi connectivity index (χ1) is 8.81. The van der Waals surface area contributed by atoms with Crippen LogP contribution in [0, 0.1) is 11.3 Å². The van der Waals surface area contributed by atoms with Crippen molar-refractivity contribution in [2.24, 2.45) is 0 Å². The maximum Gasteiger partial charge on any atom is 0.252 e. The van der Waals surface area contributed by atoms with Crippen molar-refractivity contribution in [3.8, 4) is 17.6 Å². The van der Waals surface area contributed by atoms with Crippen molar-refractivity contribution < 1.29 is 9.47 Å². The number of benzene rings is 1. The molecular formula is C12H12N4O2. The van der Waals surface area contributed by atoms with Gasteiger partial charge in [0.1, 0.15) is 30.5 Å². The highest BCUT2D eigenvalue weighted by molar-refractivity contribution is 5.31. The van der Waals surface area contributed by atoms with E-state index in [2.05, 4.69) is 10.1 Å². The van der Waals surface area contributed by atoms with Gasteiger partial charge < -0.3 is 9.47 Å². The van der Waals surface area contributed by atoms with Crippen molar-refractivity contribution in [2.75, 3.05) is 13.7 Å². The zero-order valence-corrected chi connectivity index (χ0v) is 9.91. The SMILES string of the molecule is COc1ccc(OCCn2cnc(C#N)n2)cc1. The van der Waals surface area contributed by atoms with Crippen molar-refractivity contribution in [2.45, 2.75) is 6.54 Å². The summed E-state index contributed by atoms with van der Waals surface area (Å²) >= 11 is 0. The average Bonchev–Trinajstić information content (AvgIpc) is 2.87. The van der Waals surface area contributed by atoms with E-state index in [-0.39, 0.29) is 5.82 Å². The minimum Gasteiger partial charge on any atom is -0.497 e. The molecule has 0 unspecified atom stereocenters. The van der Waals surface area contributed by atoms with Crippen molar-refractivity contribution >= 4 is 0 Å². The number of hydrogen-bond acceptors (Lipinski definition) is 5. The van der Waals surface area contributed by atoms with E-state index in [1.165, 1.54) is 6.33 Å². The van der Waals surface area contributed by atoms with Gasteiger partial charge in [-0.1, -0.05) is 0 Å². The van der Waals surface area contributed by atoms with Gasteiger partial charge in [0.05, 0.1) is 13.7 Å². The lowest BCUT2D eigenvalue weighted by Gasteiger charge is -2.06. The van der Waals surface area contributed by atoms with Crippen LogP contribution in [0.1, 0.15) is 5.82 Å². The molecule has 0 fully saturated rings. The van der Waals surface area contributed by atoms with Crippen LogP contribution in [0.3, 0.4) is 0 Å². The predicted octanol–water partition coefficient (Wildman–Crippen LogP) is 1.24. The summed E-state index contributed by atoms with van der Waals surface area (Å²) in [7, 11) is 1.62. The molecule has 0 atom stereocenters. The number of ether oxygens (including phenoxy) is 2. The van der Waals surface area contributed by atoms with E-state index >= 15 is 0 Å². The van der Waals surface area contributed by atoms with E-state index in [0.717, 1.165) is 11.5 Å². The molecule has 18 heavy (non-hydrogen) atoms. The Kier molecular flexibility index (Phi) is 3.76. The number of rotatable bonds is 5. The first kappa shape index (κ1) is 11.9. The van der Waals surface area contributed by atoms with Crippen LogP contribution in [-0.2, 0) is 6.54 Å². The fraction of sp³-hybridized carbons (Fsp3) is 0.250. The maximum atomic E-state index is 8.57. The summed E-state index contributed by atoms with van der Waals surface area (Å²) in [6, 6.07) is 9.20. The van der Waals surface area contributed by atoms with Crippen LogP contribution in [0.5, 0.6) is 11.5 Å². The predicted molar refractivity (Wildman–Crippen MR) is 63.2 cm³/mol. The number of methoxy groups -OCH3 is 1. The quantitative estimate of drug-likeness (QED) is 0.791. The molecular weight excluding hydrogens is 232 g/mol. The molecule has 2 rings (SSSR count). The molecule has 0 N–H and O–H groups in total. The van der Waals surface area contributed by atoms with Gasteiger partial charge >= 0.3 is 0 Å². The second-order valence-corrected chi connectivity index (χ2v) is 3.47. The Morgan fingerprint density at radius 1 is 1.28 bits per heavy atom. The van der Waals surface area contributed by atoms with Crippen LogP contribution in [0.4, 0.5) is 0 Å². The van der Waals surface area contributed by atoms with Crippen molar-refractivity contribution in [1.82, 2.24) is 14.8 Å². The third kappa shape index (κ3) is 2.98. The first-order valence-electron chi connectivity index (χ1n) is 5.38. The molecule has 0 radical (unpaired) electrons. The van der Waals surface area contributed by atoms with E-state index in [9.17, 15) is 0 Å². The zero-order chi connectivity index (χ0) is 12.8. The van der Waals surface area contributed by atoms with Gasteiger partial charge in [-0.3, -0.25) is 0 Å². The van der Waals surface area contributed by atoms with Gasteiger partial charge in [-0.15, -0.1) is 5.10 Å². The van der Waals surface area contributed by atoms with Crippen molar-refractivity contribution in [3.05, 3.63) is 36.4 Å². The monoisotopic (exact) mass is 244 g/mol. The Balaban J connectivity index is 1.82. The van der Waals surface area contributed by atoms with E-state index in [1.807, 2.05) is 30.3 Å². The fourth-order valence-electron chi connectivity index (χ4n) is 1.38. The third-order valence-electron chi connectivity index (χ3n) is 2.29. The van der Waals surface area contributed by atoms with Gasteiger partial charge in [0.2, 0.25) is 0 Å². The highest BCUT2D eigenvalue weighted by atomic mass is 16.5. The molecule has 0 saturated carbocycles. The van der Waals surface area contributed by atoms with Crippen LogP contribution < -0.4 is 9.47 Å². The van der Waals surface area contributed by atoms with Gasteiger partial charge in [0, 0.05) is 0 Å². The first-order valence-corrected chi connectivity index (χ1v) is 5.38. The standard InChI is InChI=1S/C12H12N4O2/c1-17-10-2-4-11(5-3-10)18-7-6-16-9-14-12(8-13)15-16/h2-5,9H,6-7H2,1H3. The summed E-state index contributed by atoms with van der Waals surface area (Å²) in [6.07, 6.45) is 1.51. The van der Waals surface area contributed by atoms with E-state index < -0.39 is 0 Å². The Hall–Kier alpha value is -2.55. The lowest BCUT2D eigenvalue weighted by Crippen LogP contribution is -2.08. The second-order valence-electron chi connectivity index (χ2n) is 3.47. The molecule has 0 saturated heterocycles. The molecule has 0 aliphatic rings. The Bertz CT molecular complexity index is 542. The number of nitriles is 1. The van der Waals surface area contributed by atoms with Crippen LogP contribution in [-0.4, -0.2) is 28.5 Å². The average molecular weight is 244 g/mol. The number of aromatic nitrogens is 3. The lowest BCUT2D eigenvalue weighted by atomic mass is 10.3. The summed E-state index contributed by atoms with van der Waals surface area (Å²) in [5, 5.41) is 12.5. The molecule has 0 amide bonds. The van der Waals surface area contributed by atoms with Crippen molar-refractivity contribution in [3.63, 3.8) is 0 Å². The van der Waals surface area contributed by atoms with Gasteiger partial charge in [0.25, 0.3) is 5.82 Å². The maximum absolute atomic E-state index is 8.57. The molecule has 0 spiro atoms. The Morgan fingerprint density at radius 3 is 2.61 bits per heavy atom. The van der Waals surface area contributed by atoms with Gasteiger partial charge in [-0.25, -0.2) is 9.67 Å². The molecule has 92 valence electrons. The molecule has 1 heterocycles. The second kappa shape index (κ2) is 5.68. The van der Waals surface area contributed by atoms with Crippen LogP contribution >= 0.6 is 0 Å². The zero-order valence-electron chi connectivity index (χ0n) is 9.91. The summed E-state index contributed by atoms with van der Waals surface area (Å²) in [5.74, 6) is 1.72. The molecule has 1 aromatic carbocycles. The highest BCUT2D eigenvalue weighted by Crippen LogP contribution is 2.16. The summed E-state index contributed by atoms with van der Waals surface area (Å²) in [5.41, 5.74) is 0. The minimum absolute atomic E-state index is 0.166. The smallest absolute Gasteiger partial charge is 0.252 e. The third-order valence-corrected chi connectivity index (χ3v) is 2.29. The molecule has 0 bridgehead atoms. The molecule has 2 aromatic rings. The number of nitrogens with zero attached hydrogens (tertiary/aromatic N) is 4. The molecule has 1 aromatic heterocycles. The van der Waals surface area contributed by atoms with E-state index in [1.54, 1.807) is 11.8 Å². The normalized spacial score (nSPS) is 9.78. The molecule has 0 aliphatic carbocycles. The van der Waals surface area contributed by atoms with Gasteiger partial charge in [-0.2, -0.15) is 5.26 Å².